The van der Waals surface area contributed by atoms with E-state index >= 15 is 0 Å². The molecule has 8 aromatic carbocycles. The second-order valence-electron chi connectivity index (χ2n) is 16.6. The predicted octanol–water partition coefficient (Wildman–Crippen LogP) is 13.3. The molecule has 0 N–H and O–H groups in total. The van der Waals surface area contributed by atoms with Crippen molar-refractivity contribution in [2.45, 2.75) is 37.5 Å². The van der Waals surface area contributed by atoms with E-state index in [9.17, 15) is 0 Å². The summed E-state index contributed by atoms with van der Waals surface area (Å²) in [5, 5.41) is 7.92. The van der Waals surface area contributed by atoms with Crippen molar-refractivity contribution in [3.05, 3.63) is 239 Å². The third kappa shape index (κ3) is 5.65. The van der Waals surface area contributed by atoms with Gasteiger partial charge in [0.2, 0.25) is 0 Å². The lowest BCUT2D eigenvalue weighted by atomic mass is 9.65. The number of fused-ring (bicyclic) bond motifs is 4. The Morgan fingerprint density at radius 1 is 0.328 bits per heavy atom. The maximum absolute atomic E-state index is 2.47. The summed E-state index contributed by atoms with van der Waals surface area (Å²) in [7, 11) is 0. The van der Waals surface area contributed by atoms with E-state index in [4.69, 9.17) is 0 Å². The first-order chi connectivity index (χ1) is 28.8. The molecule has 2 atom stereocenters. The zero-order valence-electron chi connectivity index (χ0n) is 32.8. The van der Waals surface area contributed by atoms with Crippen LogP contribution in [0.25, 0.3) is 54.9 Å². The fourth-order valence-electron chi connectivity index (χ4n) is 11.0. The number of allylic oxidation sites excluding steroid dienone is 4. The molecule has 1 fully saturated rings. The Morgan fingerprint density at radius 2 is 0.690 bits per heavy atom. The van der Waals surface area contributed by atoms with Gasteiger partial charge in [-0.05, 0) is 100 Å². The third-order valence-corrected chi connectivity index (χ3v) is 13.6. The normalized spacial score (nSPS) is 18.3. The van der Waals surface area contributed by atoms with Crippen LogP contribution >= 0.6 is 0 Å². The highest BCUT2D eigenvalue weighted by Gasteiger charge is 2.37. The standard InChI is InChI=1S/C58H46/c1-4-18-40(19-5-1)54-46-22-8-12-26-50(46)56(51-27-13-9-23-47(51)54)42-30-34-44(35-31-42)58(38-16-3-17-39-58)45-36-32-43(33-37-45)57-52-28-14-10-24-48(52)55(41-20-6-2-7-21-41)49-25-11-15-29-53(49)57/h1-2,4-15,18-37,46,50H,3,16-17,38-39H2. The van der Waals surface area contributed by atoms with E-state index in [1.165, 1.54) is 120 Å². The van der Waals surface area contributed by atoms with Crippen molar-refractivity contribution in [1.29, 1.82) is 0 Å². The first kappa shape index (κ1) is 34.7. The van der Waals surface area contributed by atoms with Crippen molar-refractivity contribution < 1.29 is 0 Å². The second-order valence-corrected chi connectivity index (χ2v) is 16.6. The van der Waals surface area contributed by atoms with Crippen LogP contribution in [0, 0.1) is 11.8 Å². The Bertz CT molecular complexity index is 2940. The van der Waals surface area contributed by atoms with Crippen LogP contribution in [0.5, 0.6) is 0 Å². The highest BCUT2D eigenvalue weighted by Crippen LogP contribution is 2.48. The molecular weight excluding hydrogens is 697 g/mol. The Morgan fingerprint density at radius 3 is 1.16 bits per heavy atom. The van der Waals surface area contributed by atoms with Gasteiger partial charge in [-0.2, -0.15) is 0 Å². The molecule has 3 aliphatic carbocycles. The van der Waals surface area contributed by atoms with E-state index in [1.54, 1.807) is 0 Å². The lowest BCUT2D eigenvalue weighted by Crippen LogP contribution is -2.40. The van der Waals surface area contributed by atoms with Crippen LogP contribution in [0.15, 0.2) is 206 Å². The number of hydrogen-bond acceptors (Lipinski definition) is 0. The molecule has 58 heavy (non-hydrogen) atoms. The van der Waals surface area contributed by atoms with Gasteiger partial charge in [0, 0.05) is 17.3 Å². The van der Waals surface area contributed by atoms with Crippen molar-refractivity contribution in [2.75, 3.05) is 0 Å². The van der Waals surface area contributed by atoms with E-state index < -0.39 is 0 Å². The van der Waals surface area contributed by atoms with Gasteiger partial charge in [0.25, 0.3) is 0 Å². The smallest absolute Gasteiger partial charge is 0.0202 e. The molecule has 0 heteroatoms. The van der Waals surface area contributed by atoms with E-state index in [1.807, 2.05) is 0 Å². The average molecular weight is 743 g/mol. The molecule has 0 saturated heterocycles. The van der Waals surface area contributed by atoms with Gasteiger partial charge in [-0.15, -0.1) is 0 Å². The van der Waals surface area contributed by atoms with Crippen LogP contribution in [0.3, 0.4) is 0 Å². The molecule has 0 aliphatic heterocycles. The number of hydrogen-bond donors (Lipinski definition) is 0. The molecule has 0 radical (unpaired) electrons. The summed E-state index contributed by atoms with van der Waals surface area (Å²) >= 11 is 0. The Balaban J connectivity index is 1.02. The fraction of sp³-hybridized carbons (Fsp3) is 0.138. The van der Waals surface area contributed by atoms with Crippen LogP contribution < -0.4 is 10.4 Å². The van der Waals surface area contributed by atoms with E-state index in [-0.39, 0.29) is 11.3 Å². The van der Waals surface area contributed by atoms with Crippen LogP contribution in [-0.2, 0) is 5.41 Å². The topological polar surface area (TPSA) is 0 Å². The minimum Gasteiger partial charge on any atom is -0.0760 e. The molecule has 1 saturated carbocycles. The molecule has 0 aromatic heterocycles. The molecule has 0 spiro atoms. The van der Waals surface area contributed by atoms with Gasteiger partial charge >= 0.3 is 0 Å². The highest BCUT2D eigenvalue weighted by molar-refractivity contribution is 6.21. The van der Waals surface area contributed by atoms with Gasteiger partial charge in [-0.1, -0.05) is 226 Å². The van der Waals surface area contributed by atoms with Crippen molar-refractivity contribution in [2.24, 2.45) is 11.8 Å². The lowest BCUT2D eigenvalue weighted by molar-refractivity contribution is 0.346. The summed E-state index contributed by atoms with van der Waals surface area (Å²) < 4.78 is 0. The fourth-order valence-corrected chi connectivity index (χ4v) is 11.0. The third-order valence-electron chi connectivity index (χ3n) is 13.6. The first-order valence-corrected chi connectivity index (χ1v) is 21.2. The molecule has 11 rings (SSSR count). The van der Waals surface area contributed by atoms with Crippen LogP contribution in [0.4, 0.5) is 0 Å². The monoisotopic (exact) mass is 742 g/mol. The largest absolute Gasteiger partial charge is 0.0760 e. The minimum absolute atomic E-state index is 0.00395. The van der Waals surface area contributed by atoms with Gasteiger partial charge in [-0.25, -0.2) is 0 Å². The predicted molar refractivity (Wildman–Crippen MR) is 245 cm³/mol. The van der Waals surface area contributed by atoms with Crippen LogP contribution in [0.2, 0.25) is 0 Å². The van der Waals surface area contributed by atoms with Crippen LogP contribution in [-0.4, -0.2) is 0 Å². The molecule has 0 heterocycles. The summed E-state index contributed by atoms with van der Waals surface area (Å²) in [4.78, 5) is 0. The maximum Gasteiger partial charge on any atom is 0.0202 e. The van der Waals surface area contributed by atoms with Gasteiger partial charge in [-0.3, -0.25) is 0 Å². The summed E-state index contributed by atoms with van der Waals surface area (Å²) in [6, 6.07) is 68.5. The summed E-state index contributed by atoms with van der Waals surface area (Å²) in [5.41, 5.74) is 13.6. The summed E-state index contributed by atoms with van der Waals surface area (Å²) in [5.74, 6) is 0.579. The average Bonchev–Trinajstić information content (AvgIpc) is 3.31. The van der Waals surface area contributed by atoms with Gasteiger partial charge in [0.15, 0.2) is 0 Å². The van der Waals surface area contributed by atoms with E-state index in [0.29, 0.717) is 5.92 Å². The Kier molecular flexibility index (Phi) is 8.66. The minimum atomic E-state index is -0.00395. The number of benzene rings is 8. The quantitative estimate of drug-likeness (QED) is 0.149. The zero-order chi connectivity index (χ0) is 38.5. The van der Waals surface area contributed by atoms with Gasteiger partial charge < -0.3 is 0 Å². The van der Waals surface area contributed by atoms with Gasteiger partial charge in [0.1, 0.15) is 0 Å². The van der Waals surface area contributed by atoms with Crippen LogP contribution in [0.1, 0.15) is 54.4 Å². The van der Waals surface area contributed by atoms with Crippen molar-refractivity contribution in [1.82, 2.24) is 0 Å². The molecule has 278 valence electrons. The first-order valence-electron chi connectivity index (χ1n) is 21.2. The van der Waals surface area contributed by atoms with Crippen molar-refractivity contribution in [3.8, 4) is 22.3 Å². The SMILES string of the molecule is C1=CC2C(c3ccccc3)=c3ccccc3=C(c3ccc(C4(c5ccc(-c6c7ccccc7c(-c7ccccc7)c7ccccc67)cc5)CCCCC4)cc3)C2C=C1. The molecule has 2 unspecified atom stereocenters. The van der Waals surface area contributed by atoms with E-state index in [2.05, 4.69) is 206 Å². The molecular formula is C58H46. The lowest BCUT2D eigenvalue weighted by Gasteiger charge is -2.39. The number of rotatable bonds is 6. The molecule has 8 aromatic rings. The molecule has 0 amide bonds. The highest BCUT2D eigenvalue weighted by atomic mass is 14.4. The molecule has 0 nitrogen and oxygen atoms in total. The summed E-state index contributed by atoms with van der Waals surface area (Å²) in [6.45, 7) is 0. The van der Waals surface area contributed by atoms with Gasteiger partial charge in [0.05, 0.1) is 0 Å². The zero-order valence-corrected chi connectivity index (χ0v) is 32.8. The molecule has 3 aliphatic rings. The molecule has 0 bridgehead atoms. The van der Waals surface area contributed by atoms with Crippen molar-refractivity contribution >= 4 is 32.7 Å². The maximum atomic E-state index is 2.47. The van der Waals surface area contributed by atoms with Crippen molar-refractivity contribution in [3.63, 3.8) is 0 Å². The van der Waals surface area contributed by atoms with E-state index in [0.717, 1.165) is 0 Å². The summed E-state index contributed by atoms with van der Waals surface area (Å²) in [6.07, 6.45) is 15.5. The Hall–Kier alpha value is -6.50. The second kappa shape index (κ2) is 14.5. The Labute approximate surface area is 341 Å².